The van der Waals surface area contributed by atoms with Crippen molar-refractivity contribution in [2.75, 3.05) is 13.1 Å². The molecule has 0 atom stereocenters. The standard InChI is InChI=1S/C21H26N2O2/c24-21(25-20-8-2-1-3-9-20)23-16-12-19(13-17-23)7-5-4-6-18-10-14-22-15-11-18/h1-3,8-11,14-15,19H,4-7,12-13,16-17H2. The van der Waals surface area contributed by atoms with E-state index in [1.807, 2.05) is 47.6 Å². The summed E-state index contributed by atoms with van der Waals surface area (Å²) in [7, 11) is 0. The lowest BCUT2D eigenvalue weighted by atomic mass is 9.91. The van der Waals surface area contributed by atoms with Gasteiger partial charge in [-0.2, -0.15) is 0 Å². The SMILES string of the molecule is O=C(Oc1ccccc1)N1CCC(CCCCc2ccncc2)CC1. The van der Waals surface area contributed by atoms with Crippen molar-refractivity contribution in [3.63, 3.8) is 0 Å². The van der Waals surface area contributed by atoms with Crippen LogP contribution in [0.5, 0.6) is 5.75 Å². The third-order valence-electron chi connectivity index (χ3n) is 4.90. The first-order chi connectivity index (χ1) is 12.3. The molecule has 4 nitrogen and oxygen atoms in total. The summed E-state index contributed by atoms with van der Waals surface area (Å²) in [6.07, 6.45) is 10.5. The summed E-state index contributed by atoms with van der Waals surface area (Å²) in [4.78, 5) is 18.1. The summed E-state index contributed by atoms with van der Waals surface area (Å²) in [6, 6.07) is 13.5. The number of unbranched alkanes of at least 4 members (excludes halogenated alkanes) is 1. The number of aromatic nitrogens is 1. The van der Waals surface area contributed by atoms with Gasteiger partial charge in [0.1, 0.15) is 5.75 Å². The lowest BCUT2D eigenvalue weighted by molar-refractivity contribution is 0.129. The highest BCUT2D eigenvalue weighted by Gasteiger charge is 2.23. The number of carbonyl (C=O) groups excluding carboxylic acids is 1. The van der Waals surface area contributed by atoms with E-state index in [9.17, 15) is 4.79 Å². The monoisotopic (exact) mass is 338 g/mol. The highest BCUT2D eigenvalue weighted by molar-refractivity contribution is 5.70. The minimum Gasteiger partial charge on any atom is -0.410 e. The number of amides is 1. The molecular weight excluding hydrogens is 312 g/mol. The normalized spacial score (nSPS) is 15.1. The minimum atomic E-state index is -0.220. The summed E-state index contributed by atoms with van der Waals surface area (Å²) in [5.74, 6) is 1.35. The number of pyridine rings is 1. The van der Waals surface area contributed by atoms with Gasteiger partial charge >= 0.3 is 6.09 Å². The van der Waals surface area contributed by atoms with Crippen molar-refractivity contribution in [1.82, 2.24) is 9.88 Å². The van der Waals surface area contributed by atoms with Crippen LogP contribution in [0.2, 0.25) is 0 Å². The number of para-hydroxylation sites is 1. The van der Waals surface area contributed by atoms with Crippen molar-refractivity contribution >= 4 is 6.09 Å². The van der Waals surface area contributed by atoms with Crippen LogP contribution in [-0.2, 0) is 6.42 Å². The number of benzene rings is 1. The first-order valence-electron chi connectivity index (χ1n) is 9.22. The molecule has 1 amide bonds. The van der Waals surface area contributed by atoms with Crippen LogP contribution < -0.4 is 4.74 Å². The first-order valence-corrected chi connectivity index (χ1v) is 9.22. The Bertz CT molecular complexity index is 637. The van der Waals surface area contributed by atoms with Gasteiger partial charge in [-0.05, 0) is 61.4 Å². The molecule has 25 heavy (non-hydrogen) atoms. The molecule has 2 aromatic rings. The second-order valence-electron chi connectivity index (χ2n) is 6.71. The number of piperidine rings is 1. The van der Waals surface area contributed by atoms with Crippen molar-refractivity contribution < 1.29 is 9.53 Å². The van der Waals surface area contributed by atoms with Gasteiger partial charge < -0.3 is 9.64 Å². The zero-order chi connectivity index (χ0) is 17.3. The van der Waals surface area contributed by atoms with Gasteiger partial charge in [-0.3, -0.25) is 4.98 Å². The highest BCUT2D eigenvalue weighted by atomic mass is 16.6. The Kier molecular flexibility index (Phi) is 6.43. The Hall–Kier alpha value is -2.36. The lowest BCUT2D eigenvalue weighted by Gasteiger charge is -2.31. The van der Waals surface area contributed by atoms with Crippen LogP contribution in [0.15, 0.2) is 54.9 Å². The fourth-order valence-electron chi connectivity index (χ4n) is 3.37. The van der Waals surface area contributed by atoms with E-state index in [4.69, 9.17) is 4.74 Å². The van der Waals surface area contributed by atoms with Crippen LogP contribution in [0.1, 0.15) is 37.7 Å². The van der Waals surface area contributed by atoms with E-state index >= 15 is 0 Å². The quantitative estimate of drug-likeness (QED) is 0.717. The average molecular weight is 338 g/mol. The molecule has 3 rings (SSSR count). The number of hydrogen-bond donors (Lipinski definition) is 0. The molecule has 1 aromatic heterocycles. The fourth-order valence-corrected chi connectivity index (χ4v) is 3.37. The second kappa shape index (κ2) is 9.21. The van der Waals surface area contributed by atoms with Gasteiger partial charge in [0, 0.05) is 25.5 Å². The molecule has 0 saturated carbocycles. The van der Waals surface area contributed by atoms with Gasteiger partial charge in [-0.1, -0.05) is 31.0 Å². The summed E-state index contributed by atoms with van der Waals surface area (Å²) >= 11 is 0. The molecule has 1 saturated heterocycles. The number of likely N-dealkylation sites (tertiary alicyclic amines) is 1. The molecule has 0 bridgehead atoms. The summed E-state index contributed by atoms with van der Waals surface area (Å²) in [6.45, 7) is 1.61. The molecule has 1 fully saturated rings. The van der Waals surface area contributed by atoms with E-state index in [-0.39, 0.29) is 6.09 Å². The average Bonchev–Trinajstić information content (AvgIpc) is 2.67. The summed E-state index contributed by atoms with van der Waals surface area (Å²) < 4.78 is 5.42. The summed E-state index contributed by atoms with van der Waals surface area (Å²) in [5, 5.41) is 0. The molecule has 132 valence electrons. The van der Waals surface area contributed by atoms with Crippen LogP contribution >= 0.6 is 0 Å². The molecule has 1 aliphatic heterocycles. The first kappa shape index (κ1) is 17.5. The van der Waals surface area contributed by atoms with Gasteiger partial charge in [0.2, 0.25) is 0 Å². The van der Waals surface area contributed by atoms with Crippen LogP contribution in [0.3, 0.4) is 0 Å². The number of carbonyl (C=O) groups is 1. The van der Waals surface area contributed by atoms with Gasteiger partial charge in [-0.25, -0.2) is 4.79 Å². The Morgan fingerprint density at radius 3 is 2.48 bits per heavy atom. The number of ether oxygens (including phenoxy) is 1. The maximum atomic E-state index is 12.2. The molecule has 4 heteroatoms. The number of rotatable bonds is 6. The predicted molar refractivity (Wildman–Crippen MR) is 98.6 cm³/mol. The minimum absolute atomic E-state index is 0.220. The molecule has 0 radical (unpaired) electrons. The molecule has 0 N–H and O–H groups in total. The Labute approximate surface area is 149 Å². The third kappa shape index (κ3) is 5.59. The van der Waals surface area contributed by atoms with E-state index in [1.165, 1.54) is 24.8 Å². The van der Waals surface area contributed by atoms with Crippen LogP contribution in [0.4, 0.5) is 4.79 Å². The Balaban J connectivity index is 1.32. The van der Waals surface area contributed by atoms with E-state index in [0.717, 1.165) is 38.3 Å². The van der Waals surface area contributed by atoms with Crippen molar-refractivity contribution in [1.29, 1.82) is 0 Å². The van der Waals surface area contributed by atoms with Crippen LogP contribution in [0.25, 0.3) is 0 Å². The van der Waals surface area contributed by atoms with E-state index < -0.39 is 0 Å². The smallest absolute Gasteiger partial charge is 0.410 e. The molecule has 0 aliphatic carbocycles. The third-order valence-corrected chi connectivity index (χ3v) is 4.90. The van der Waals surface area contributed by atoms with Crippen LogP contribution in [-0.4, -0.2) is 29.1 Å². The van der Waals surface area contributed by atoms with E-state index in [2.05, 4.69) is 17.1 Å². The maximum absolute atomic E-state index is 12.2. The zero-order valence-corrected chi connectivity index (χ0v) is 14.6. The van der Waals surface area contributed by atoms with Gasteiger partial charge in [0.05, 0.1) is 0 Å². The van der Waals surface area contributed by atoms with E-state index in [1.54, 1.807) is 0 Å². The molecule has 0 spiro atoms. The highest BCUT2D eigenvalue weighted by Crippen LogP contribution is 2.24. The molecular formula is C21H26N2O2. The van der Waals surface area contributed by atoms with E-state index in [0.29, 0.717) is 5.75 Å². The molecule has 1 aliphatic rings. The largest absolute Gasteiger partial charge is 0.415 e. The topological polar surface area (TPSA) is 42.4 Å². The predicted octanol–water partition coefficient (Wildman–Crippen LogP) is 4.71. The molecule has 1 aromatic carbocycles. The van der Waals surface area contributed by atoms with Crippen molar-refractivity contribution in [2.45, 2.75) is 38.5 Å². The fraction of sp³-hybridized carbons (Fsp3) is 0.429. The number of aryl methyl sites for hydroxylation is 1. The molecule has 2 heterocycles. The van der Waals surface area contributed by atoms with Crippen molar-refractivity contribution in [3.05, 3.63) is 60.4 Å². The maximum Gasteiger partial charge on any atom is 0.415 e. The van der Waals surface area contributed by atoms with Crippen molar-refractivity contribution in [2.24, 2.45) is 5.92 Å². The zero-order valence-electron chi connectivity index (χ0n) is 14.6. The van der Waals surface area contributed by atoms with Gasteiger partial charge in [-0.15, -0.1) is 0 Å². The molecule has 0 unspecified atom stereocenters. The Morgan fingerprint density at radius 1 is 1.04 bits per heavy atom. The van der Waals surface area contributed by atoms with Crippen molar-refractivity contribution in [3.8, 4) is 5.75 Å². The van der Waals surface area contributed by atoms with Crippen LogP contribution in [0, 0.1) is 5.92 Å². The lowest BCUT2D eigenvalue weighted by Crippen LogP contribution is -2.40. The summed E-state index contributed by atoms with van der Waals surface area (Å²) in [5.41, 5.74) is 1.37. The number of nitrogens with zero attached hydrogens (tertiary/aromatic N) is 2. The second-order valence-corrected chi connectivity index (χ2v) is 6.71. The Morgan fingerprint density at radius 2 is 1.76 bits per heavy atom. The number of hydrogen-bond acceptors (Lipinski definition) is 3. The van der Waals surface area contributed by atoms with Gasteiger partial charge in [0.15, 0.2) is 0 Å². The van der Waals surface area contributed by atoms with Gasteiger partial charge in [0.25, 0.3) is 0 Å².